The van der Waals surface area contributed by atoms with Gasteiger partial charge in [-0.2, -0.15) is 0 Å². The van der Waals surface area contributed by atoms with Crippen LogP contribution in [0.25, 0.3) is 0 Å². The van der Waals surface area contributed by atoms with Gasteiger partial charge in [0.2, 0.25) is 5.91 Å². The molecule has 32 heavy (non-hydrogen) atoms. The second-order valence-corrected chi connectivity index (χ2v) is 8.39. The standard InChI is InChI=1S/C25H31ClN2O4/c1-3-4-13-27-24(29)19-9-7-14-28(16-19)25(30)18-11-12-22(23(15-18)31-2)32-17-20-8-5-6-10-21(20)26/h5-6,8,10-12,15,19H,3-4,7,9,13-14,16-17H2,1-2H3,(H,27,29). The average molecular weight is 459 g/mol. The Morgan fingerprint density at radius 2 is 2.00 bits per heavy atom. The molecule has 0 spiro atoms. The van der Waals surface area contributed by atoms with Gasteiger partial charge in [-0.3, -0.25) is 9.59 Å². The average Bonchev–Trinajstić information content (AvgIpc) is 2.83. The smallest absolute Gasteiger partial charge is 0.254 e. The van der Waals surface area contributed by atoms with Gasteiger partial charge in [-0.25, -0.2) is 0 Å². The number of nitrogens with zero attached hydrogens (tertiary/aromatic N) is 1. The fraction of sp³-hybridized carbons (Fsp3) is 0.440. The van der Waals surface area contributed by atoms with Gasteiger partial charge in [-0.05, 0) is 43.5 Å². The third-order valence-corrected chi connectivity index (χ3v) is 6.03. The number of piperidine rings is 1. The highest BCUT2D eigenvalue weighted by molar-refractivity contribution is 6.31. The first-order valence-corrected chi connectivity index (χ1v) is 11.5. The number of ether oxygens (including phenoxy) is 2. The molecule has 0 saturated carbocycles. The maximum absolute atomic E-state index is 13.1. The Balaban J connectivity index is 1.64. The predicted octanol–water partition coefficient (Wildman–Crippen LogP) is 4.70. The maximum atomic E-state index is 13.1. The van der Waals surface area contributed by atoms with Crippen molar-refractivity contribution < 1.29 is 19.1 Å². The van der Waals surface area contributed by atoms with Crippen LogP contribution in [0, 0.1) is 5.92 Å². The molecule has 0 bridgehead atoms. The molecule has 1 aliphatic rings. The van der Waals surface area contributed by atoms with E-state index < -0.39 is 0 Å². The first-order chi connectivity index (χ1) is 15.5. The van der Waals surface area contributed by atoms with Gasteiger partial charge in [0.1, 0.15) is 6.61 Å². The molecule has 1 heterocycles. The second kappa shape index (κ2) is 11.8. The van der Waals surface area contributed by atoms with Crippen LogP contribution in [-0.4, -0.2) is 43.5 Å². The number of methoxy groups -OCH3 is 1. The first kappa shape index (κ1) is 23.9. The summed E-state index contributed by atoms with van der Waals surface area (Å²) in [7, 11) is 1.55. The quantitative estimate of drug-likeness (QED) is 0.553. The molecule has 7 heteroatoms. The molecule has 2 amide bonds. The van der Waals surface area contributed by atoms with Gasteiger partial charge in [0.25, 0.3) is 5.91 Å². The van der Waals surface area contributed by atoms with E-state index in [1.165, 1.54) is 0 Å². The number of nitrogens with one attached hydrogen (secondary N) is 1. The molecule has 2 aromatic carbocycles. The van der Waals surface area contributed by atoms with Crippen LogP contribution in [0.15, 0.2) is 42.5 Å². The zero-order chi connectivity index (χ0) is 22.9. The summed E-state index contributed by atoms with van der Waals surface area (Å²) >= 11 is 6.20. The van der Waals surface area contributed by atoms with Gasteiger partial charge in [0.05, 0.1) is 13.0 Å². The van der Waals surface area contributed by atoms with Crippen molar-refractivity contribution in [2.45, 2.75) is 39.2 Å². The van der Waals surface area contributed by atoms with Gasteiger partial charge in [0, 0.05) is 35.8 Å². The summed E-state index contributed by atoms with van der Waals surface area (Å²) < 4.78 is 11.3. The van der Waals surface area contributed by atoms with E-state index in [1.54, 1.807) is 30.2 Å². The number of carbonyl (C=O) groups is 2. The Hall–Kier alpha value is -2.73. The number of carbonyl (C=O) groups excluding carboxylic acids is 2. The van der Waals surface area contributed by atoms with E-state index >= 15 is 0 Å². The van der Waals surface area contributed by atoms with Crippen molar-refractivity contribution in [3.8, 4) is 11.5 Å². The maximum Gasteiger partial charge on any atom is 0.254 e. The number of amides is 2. The van der Waals surface area contributed by atoms with Crippen molar-refractivity contribution in [2.24, 2.45) is 5.92 Å². The van der Waals surface area contributed by atoms with Crippen molar-refractivity contribution in [1.29, 1.82) is 0 Å². The Morgan fingerprint density at radius 1 is 1.19 bits per heavy atom. The molecule has 1 fully saturated rings. The van der Waals surface area contributed by atoms with Gasteiger partial charge in [-0.15, -0.1) is 0 Å². The molecule has 0 aliphatic carbocycles. The number of unbranched alkanes of at least 4 members (excludes halogenated alkanes) is 1. The van der Waals surface area contributed by atoms with Crippen molar-refractivity contribution in [3.05, 3.63) is 58.6 Å². The SMILES string of the molecule is CCCCNC(=O)C1CCCN(C(=O)c2ccc(OCc3ccccc3Cl)c(OC)c2)C1. The minimum absolute atomic E-state index is 0.0388. The summed E-state index contributed by atoms with van der Waals surface area (Å²) in [5.41, 5.74) is 1.38. The minimum Gasteiger partial charge on any atom is -0.493 e. The van der Waals surface area contributed by atoms with Crippen molar-refractivity contribution >= 4 is 23.4 Å². The molecule has 3 rings (SSSR count). The van der Waals surface area contributed by atoms with Crippen molar-refractivity contribution in [3.63, 3.8) is 0 Å². The minimum atomic E-state index is -0.162. The van der Waals surface area contributed by atoms with Gasteiger partial charge in [-0.1, -0.05) is 43.1 Å². The zero-order valence-corrected chi connectivity index (χ0v) is 19.5. The molecule has 0 aromatic heterocycles. The van der Waals surface area contributed by atoms with Crippen LogP contribution in [0.1, 0.15) is 48.5 Å². The van der Waals surface area contributed by atoms with E-state index in [2.05, 4.69) is 12.2 Å². The Kier molecular flexibility index (Phi) is 8.80. The van der Waals surface area contributed by atoms with Gasteiger partial charge in [0.15, 0.2) is 11.5 Å². The molecular weight excluding hydrogens is 428 g/mol. The van der Waals surface area contributed by atoms with Crippen LogP contribution in [0.4, 0.5) is 0 Å². The molecule has 1 unspecified atom stereocenters. The molecule has 1 aliphatic heterocycles. The second-order valence-electron chi connectivity index (χ2n) is 7.98. The third kappa shape index (κ3) is 6.16. The lowest BCUT2D eigenvalue weighted by molar-refractivity contribution is -0.126. The molecule has 6 nitrogen and oxygen atoms in total. The Bertz CT molecular complexity index is 934. The molecule has 1 N–H and O–H groups in total. The summed E-state index contributed by atoms with van der Waals surface area (Å²) in [5.74, 6) is 0.790. The lowest BCUT2D eigenvalue weighted by Crippen LogP contribution is -2.45. The summed E-state index contributed by atoms with van der Waals surface area (Å²) in [6.45, 7) is 4.15. The van der Waals surface area contributed by atoms with Crippen LogP contribution >= 0.6 is 11.6 Å². The summed E-state index contributed by atoms with van der Waals surface area (Å²) in [6, 6.07) is 12.6. The summed E-state index contributed by atoms with van der Waals surface area (Å²) in [4.78, 5) is 27.3. The monoisotopic (exact) mass is 458 g/mol. The van der Waals surface area contributed by atoms with Gasteiger partial charge < -0.3 is 19.7 Å². The van der Waals surface area contributed by atoms with E-state index in [1.807, 2.05) is 24.3 Å². The number of benzene rings is 2. The van der Waals surface area contributed by atoms with Crippen LogP contribution < -0.4 is 14.8 Å². The van der Waals surface area contributed by atoms with Crippen LogP contribution in [0.5, 0.6) is 11.5 Å². The fourth-order valence-electron chi connectivity index (χ4n) is 3.78. The largest absolute Gasteiger partial charge is 0.493 e. The highest BCUT2D eigenvalue weighted by atomic mass is 35.5. The lowest BCUT2D eigenvalue weighted by Gasteiger charge is -2.32. The lowest BCUT2D eigenvalue weighted by atomic mass is 9.96. The predicted molar refractivity (Wildman–Crippen MR) is 125 cm³/mol. The fourth-order valence-corrected chi connectivity index (χ4v) is 3.97. The number of hydrogen-bond acceptors (Lipinski definition) is 4. The van der Waals surface area contributed by atoms with E-state index in [0.29, 0.717) is 48.3 Å². The highest BCUT2D eigenvalue weighted by Gasteiger charge is 2.29. The molecule has 1 atom stereocenters. The normalized spacial score (nSPS) is 15.8. The Morgan fingerprint density at radius 3 is 2.75 bits per heavy atom. The third-order valence-electron chi connectivity index (χ3n) is 5.66. The number of hydrogen-bond donors (Lipinski definition) is 1. The van der Waals surface area contributed by atoms with Crippen LogP contribution in [-0.2, 0) is 11.4 Å². The number of rotatable bonds is 9. The molecule has 172 valence electrons. The summed E-state index contributed by atoms with van der Waals surface area (Å²) in [6.07, 6.45) is 3.62. The van der Waals surface area contributed by atoms with Crippen molar-refractivity contribution in [2.75, 3.05) is 26.7 Å². The van der Waals surface area contributed by atoms with Gasteiger partial charge >= 0.3 is 0 Å². The Labute approximate surface area is 194 Å². The first-order valence-electron chi connectivity index (χ1n) is 11.1. The number of likely N-dealkylation sites (tertiary alicyclic amines) is 1. The van der Waals surface area contributed by atoms with E-state index in [0.717, 1.165) is 31.2 Å². The van der Waals surface area contributed by atoms with Crippen molar-refractivity contribution in [1.82, 2.24) is 10.2 Å². The molecule has 0 radical (unpaired) electrons. The van der Waals surface area contributed by atoms with E-state index in [9.17, 15) is 9.59 Å². The molecule has 2 aromatic rings. The zero-order valence-electron chi connectivity index (χ0n) is 18.7. The van der Waals surface area contributed by atoms with E-state index in [4.69, 9.17) is 21.1 Å². The number of halogens is 1. The molecule has 1 saturated heterocycles. The van der Waals surface area contributed by atoms with Crippen LogP contribution in [0.3, 0.4) is 0 Å². The highest BCUT2D eigenvalue weighted by Crippen LogP contribution is 2.30. The topological polar surface area (TPSA) is 67.9 Å². The van der Waals surface area contributed by atoms with E-state index in [-0.39, 0.29) is 17.7 Å². The van der Waals surface area contributed by atoms with Crippen LogP contribution in [0.2, 0.25) is 5.02 Å². The summed E-state index contributed by atoms with van der Waals surface area (Å²) in [5, 5.41) is 3.62. The molecular formula is C25H31ClN2O4.